The molecule has 4 heteroatoms. The van der Waals surface area contributed by atoms with Crippen LogP contribution >= 0.6 is 0 Å². The predicted octanol–water partition coefficient (Wildman–Crippen LogP) is 11.0. The Hall–Kier alpha value is -2.20. The van der Waals surface area contributed by atoms with Gasteiger partial charge in [0.25, 0.3) is 0 Å². The molecule has 0 atom stereocenters. The topological polar surface area (TPSA) is 51.2 Å². The molecule has 1 aromatic carbocycles. The van der Waals surface area contributed by atoms with E-state index in [1.165, 1.54) is 115 Å². The first-order valence-corrected chi connectivity index (χ1v) is 16.8. The first kappa shape index (κ1) is 35.0. The number of benzene rings is 1. The van der Waals surface area contributed by atoms with Gasteiger partial charge in [0.15, 0.2) is 0 Å². The van der Waals surface area contributed by atoms with Crippen LogP contribution in [0.3, 0.4) is 0 Å². The van der Waals surface area contributed by atoms with Crippen LogP contribution in [0.25, 0.3) is 0 Å². The third-order valence-electron chi connectivity index (χ3n) is 8.20. The van der Waals surface area contributed by atoms with Crippen LogP contribution in [0.1, 0.15) is 147 Å². The number of aryl methyl sites for hydroxylation is 1. The summed E-state index contributed by atoms with van der Waals surface area (Å²) in [5.41, 5.74) is 1.84. The van der Waals surface area contributed by atoms with Gasteiger partial charge in [0.05, 0.1) is 6.61 Å². The van der Waals surface area contributed by atoms with Gasteiger partial charge in [-0.1, -0.05) is 159 Å². The Bertz CT molecular complexity index is 912. The van der Waals surface area contributed by atoms with Crippen molar-refractivity contribution in [1.82, 2.24) is 4.98 Å². The van der Waals surface area contributed by atoms with Gasteiger partial charge in [-0.25, -0.2) is 4.98 Å². The van der Waals surface area contributed by atoms with Crippen LogP contribution in [0.15, 0.2) is 48.5 Å². The highest BCUT2D eigenvalue weighted by molar-refractivity contribution is 5.93. The molecule has 0 saturated heterocycles. The van der Waals surface area contributed by atoms with E-state index >= 15 is 0 Å². The lowest BCUT2D eigenvalue weighted by atomic mass is 9.85. The average molecular weight is 565 g/mol. The summed E-state index contributed by atoms with van der Waals surface area (Å²) in [6, 6.07) is 16.2. The van der Waals surface area contributed by atoms with Gasteiger partial charge in [0.2, 0.25) is 5.91 Å². The van der Waals surface area contributed by atoms with Crippen LogP contribution in [0.4, 0.5) is 5.82 Å². The molecule has 0 fully saturated rings. The number of aromatic nitrogens is 1. The monoisotopic (exact) mass is 564 g/mol. The van der Waals surface area contributed by atoms with Gasteiger partial charge in [-0.3, -0.25) is 4.79 Å². The number of carbonyl (C=O) groups excluding carboxylic acids is 1. The second-order valence-electron chi connectivity index (χ2n) is 12.7. The first-order chi connectivity index (χ1) is 20.0. The Morgan fingerprint density at radius 3 is 1.66 bits per heavy atom. The standard InChI is InChI=1S/C37H60N2O2/c1-33-26-25-29-35(38-33)39-36(40)37(2,3)30-23-18-16-14-12-10-8-6-4-5-7-9-11-13-15-17-19-24-31-41-32-34-27-21-20-22-28-34/h20-22,25-29H,4-19,23-24,30-32H2,1-3H3,(H,38,39,40). The molecule has 0 radical (unpaired) electrons. The minimum atomic E-state index is -0.357. The molecular weight excluding hydrogens is 504 g/mol. The van der Waals surface area contributed by atoms with Crippen LogP contribution in [-0.2, 0) is 16.1 Å². The van der Waals surface area contributed by atoms with Crippen molar-refractivity contribution in [2.24, 2.45) is 5.41 Å². The molecule has 1 N–H and O–H groups in total. The number of pyridine rings is 1. The summed E-state index contributed by atoms with van der Waals surface area (Å²) in [4.78, 5) is 17.1. The zero-order chi connectivity index (χ0) is 29.4. The molecule has 41 heavy (non-hydrogen) atoms. The molecule has 4 nitrogen and oxygen atoms in total. The molecule has 0 spiro atoms. The van der Waals surface area contributed by atoms with Crippen molar-refractivity contribution in [3.05, 3.63) is 59.8 Å². The molecular formula is C37H60N2O2. The van der Waals surface area contributed by atoms with E-state index in [1.807, 2.05) is 39.0 Å². The number of rotatable bonds is 25. The Balaban J connectivity index is 1.27. The highest BCUT2D eigenvalue weighted by Crippen LogP contribution is 2.26. The number of nitrogens with one attached hydrogen (secondary N) is 1. The maximum Gasteiger partial charge on any atom is 0.231 e. The number of carbonyl (C=O) groups is 1. The Morgan fingerprint density at radius 2 is 1.15 bits per heavy atom. The van der Waals surface area contributed by atoms with E-state index in [-0.39, 0.29) is 11.3 Å². The molecule has 2 aromatic rings. The summed E-state index contributed by atoms with van der Waals surface area (Å²) in [6.07, 6.45) is 25.2. The van der Waals surface area contributed by atoms with Crippen molar-refractivity contribution < 1.29 is 9.53 Å². The molecule has 230 valence electrons. The molecule has 0 aliphatic carbocycles. The van der Waals surface area contributed by atoms with E-state index in [0.717, 1.165) is 31.7 Å². The number of unbranched alkanes of at least 4 members (excludes halogenated alkanes) is 17. The van der Waals surface area contributed by atoms with Gasteiger partial charge >= 0.3 is 0 Å². The first-order valence-electron chi connectivity index (χ1n) is 16.8. The molecule has 0 aliphatic rings. The fraction of sp³-hybridized carbons (Fsp3) is 0.676. The number of hydrogen-bond acceptors (Lipinski definition) is 3. The molecule has 0 bridgehead atoms. The van der Waals surface area contributed by atoms with Gasteiger partial charge in [-0.2, -0.15) is 0 Å². The minimum absolute atomic E-state index is 0.0720. The summed E-state index contributed by atoms with van der Waals surface area (Å²) in [6.45, 7) is 7.68. The van der Waals surface area contributed by atoms with Crippen molar-refractivity contribution >= 4 is 11.7 Å². The van der Waals surface area contributed by atoms with Gasteiger partial charge in [-0.15, -0.1) is 0 Å². The highest BCUT2D eigenvalue weighted by atomic mass is 16.5. The lowest BCUT2D eigenvalue weighted by molar-refractivity contribution is -0.124. The third-order valence-corrected chi connectivity index (χ3v) is 8.20. The molecule has 0 saturated carbocycles. The van der Waals surface area contributed by atoms with Crippen molar-refractivity contribution in [2.45, 2.75) is 149 Å². The van der Waals surface area contributed by atoms with Crippen LogP contribution in [0.2, 0.25) is 0 Å². The third kappa shape index (κ3) is 18.1. The molecule has 1 amide bonds. The summed E-state index contributed by atoms with van der Waals surface area (Å²) in [5.74, 6) is 0.726. The Morgan fingerprint density at radius 1 is 0.659 bits per heavy atom. The number of amides is 1. The van der Waals surface area contributed by atoms with Crippen LogP contribution in [0, 0.1) is 12.3 Å². The van der Waals surface area contributed by atoms with E-state index in [9.17, 15) is 4.79 Å². The van der Waals surface area contributed by atoms with Crippen molar-refractivity contribution in [3.8, 4) is 0 Å². The molecule has 2 rings (SSSR count). The number of ether oxygens (including phenoxy) is 1. The van der Waals surface area contributed by atoms with E-state index < -0.39 is 0 Å². The molecule has 0 unspecified atom stereocenters. The fourth-order valence-electron chi connectivity index (χ4n) is 5.38. The normalized spacial score (nSPS) is 11.6. The van der Waals surface area contributed by atoms with Gasteiger partial charge in [0.1, 0.15) is 5.82 Å². The molecule has 0 aliphatic heterocycles. The summed E-state index contributed by atoms with van der Waals surface area (Å²) < 4.78 is 5.77. The summed E-state index contributed by atoms with van der Waals surface area (Å²) >= 11 is 0. The molecule has 1 heterocycles. The van der Waals surface area contributed by atoms with E-state index in [1.54, 1.807) is 0 Å². The van der Waals surface area contributed by atoms with E-state index in [0.29, 0.717) is 5.82 Å². The minimum Gasteiger partial charge on any atom is -0.377 e. The van der Waals surface area contributed by atoms with Crippen LogP contribution in [0.5, 0.6) is 0 Å². The Kier molecular flexibility index (Phi) is 19.1. The number of hydrogen-bond donors (Lipinski definition) is 1. The number of anilines is 1. The fourth-order valence-corrected chi connectivity index (χ4v) is 5.38. The van der Waals surface area contributed by atoms with Crippen molar-refractivity contribution in [3.63, 3.8) is 0 Å². The molecule has 1 aromatic heterocycles. The van der Waals surface area contributed by atoms with Gasteiger partial charge in [-0.05, 0) is 37.5 Å². The van der Waals surface area contributed by atoms with Crippen molar-refractivity contribution in [2.75, 3.05) is 11.9 Å². The zero-order valence-electron chi connectivity index (χ0n) is 26.7. The van der Waals surface area contributed by atoms with Crippen LogP contribution in [-0.4, -0.2) is 17.5 Å². The predicted molar refractivity (Wildman–Crippen MR) is 175 cm³/mol. The van der Waals surface area contributed by atoms with Crippen LogP contribution < -0.4 is 5.32 Å². The highest BCUT2D eigenvalue weighted by Gasteiger charge is 2.27. The summed E-state index contributed by atoms with van der Waals surface area (Å²) in [7, 11) is 0. The maximum atomic E-state index is 12.7. The Labute approximate surface area is 252 Å². The van der Waals surface area contributed by atoms with Crippen molar-refractivity contribution in [1.29, 1.82) is 0 Å². The second kappa shape index (κ2) is 22.4. The van der Waals surface area contributed by atoms with E-state index in [2.05, 4.69) is 40.6 Å². The number of nitrogens with zero attached hydrogens (tertiary/aromatic N) is 1. The maximum absolute atomic E-state index is 12.7. The summed E-state index contributed by atoms with van der Waals surface area (Å²) in [5, 5.41) is 2.99. The largest absolute Gasteiger partial charge is 0.377 e. The average Bonchev–Trinajstić information content (AvgIpc) is 2.96. The lowest BCUT2D eigenvalue weighted by Crippen LogP contribution is -2.31. The lowest BCUT2D eigenvalue weighted by Gasteiger charge is -2.23. The smallest absolute Gasteiger partial charge is 0.231 e. The van der Waals surface area contributed by atoms with Gasteiger partial charge < -0.3 is 10.1 Å². The quantitative estimate of drug-likeness (QED) is 0.122. The SMILES string of the molecule is Cc1cccc(NC(=O)C(C)(C)CCCCCCCCCCCCCCCCCCCCOCc2ccccc2)n1. The van der Waals surface area contributed by atoms with Gasteiger partial charge in [0, 0.05) is 17.7 Å². The zero-order valence-corrected chi connectivity index (χ0v) is 26.7. The second-order valence-corrected chi connectivity index (χ2v) is 12.7. The van der Waals surface area contributed by atoms with E-state index in [4.69, 9.17) is 4.74 Å².